The standard InChI is InChI=1S/C28H34N6O/c1-5-12-31-13-14-32(18-21(31)4)24-11-10-23-9-7-8-22(15-28(35)33(23)19-24)26-16-27-25(6-2)29-20(3)17-34(27)30-26/h7-11,15-17,19,21H,5-6,12-14,18H2,1-4H3/b8-7+,22-15+,23-9?/t21-/m1/s1. The molecule has 0 N–H and O–H groups in total. The van der Waals surface area contributed by atoms with Gasteiger partial charge < -0.3 is 4.90 Å². The third-order valence-corrected chi connectivity index (χ3v) is 6.95. The zero-order valence-electron chi connectivity index (χ0n) is 21.1. The van der Waals surface area contributed by atoms with Gasteiger partial charge in [0.1, 0.15) is 0 Å². The van der Waals surface area contributed by atoms with E-state index in [0.29, 0.717) is 6.04 Å². The van der Waals surface area contributed by atoms with Gasteiger partial charge in [0.2, 0.25) is 0 Å². The SMILES string of the molecule is CCCN1CCN(C2=CN3C(=O)/C=C(c4cc5c(CC)nc(C)cn5n4)\C=C\C=C3C=C2)C[C@H]1C. The molecular weight excluding hydrogens is 436 g/mol. The fourth-order valence-corrected chi connectivity index (χ4v) is 5.11. The molecule has 35 heavy (non-hydrogen) atoms. The quantitative estimate of drug-likeness (QED) is 0.659. The molecule has 3 aliphatic heterocycles. The highest BCUT2D eigenvalue weighted by atomic mass is 16.2. The summed E-state index contributed by atoms with van der Waals surface area (Å²) in [6.45, 7) is 12.7. The molecule has 7 nitrogen and oxygen atoms in total. The minimum absolute atomic E-state index is 0.0720. The summed E-state index contributed by atoms with van der Waals surface area (Å²) in [6, 6.07) is 2.52. The van der Waals surface area contributed by atoms with E-state index in [-0.39, 0.29) is 5.91 Å². The lowest BCUT2D eigenvalue weighted by Crippen LogP contribution is -2.51. The van der Waals surface area contributed by atoms with Crippen molar-refractivity contribution in [3.05, 3.63) is 83.4 Å². The molecule has 5 rings (SSSR count). The molecule has 5 heterocycles. The Morgan fingerprint density at radius 2 is 1.94 bits per heavy atom. The summed E-state index contributed by atoms with van der Waals surface area (Å²) in [6.07, 6.45) is 17.7. The van der Waals surface area contributed by atoms with Gasteiger partial charge in [-0.05, 0) is 57.5 Å². The van der Waals surface area contributed by atoms with Crippen molar-refractivity contribution >= 4 is 17.0 Å². The van der Waals surface area contributed by atoms with Crippen LogP contribution in [0.3, 0.4) is 0 Å². The molecule has 7 heteroatoms. The van der Waals surface area contributed by atoms with Gasteiger partial charge in [0.15, 0.2) is 0 Å². The van der Waals surface area contributed by atoms with Crippen LogP contribution in [0.25, 0.3) is 11.1 Å². The fourth-order valence-electron chi connectivity index (χ4n) is 5.11. The zero-order valence-corrected chi connectivity index (χ0v) is 21.1. The Balaban J connectivity index is 1.42. The molecule has 3 aliphatic rings. The molecule has 2 aromatic rings. The van der Waals surface area contributed by atoms with Crippen LogP contribution in [0, 0.1) is 6.92 Å². The first-order chi connectivity index (χ1) is 17.0. The topological polar surface area (TPSA) is 57.0 Å². The van der Waals surface area contributed by atoms with Gasteiger partial charge in [-0.2, -0.15) is 5.10 Å². The number of allylic oxidation sites excluding steroid dienone is 6. The number of hydrogen-bond donors (Lipinski definition) is 0. The average Bonchev–Trinajstić information content (AvgIpc) is 3.27. The molecule has 0 aliphatic carbocycles. The van der Waals surface area contributed by atoms with Crippen molar-refractivity contribution in [2.45, 2.75) is 46.6 Å². The van der Waals surface area contributed by atoms with Crippen LogP contribution >= 0.6 is 0 Å². The largest absolute Gasteiger partial charge is 0.367 e. The molecule has 0 radical (unpaired) electrons. The van der Waals surface area contributed by atoms with Gasteiger partial charge in [0, 0.05) is 49.2 Å². The van der Waals surface area contributed by atoms with Crippen molar-refractivity contribution in [3.8, 4) is 0 Å². The summed E-state index contributed by atoms with van der Waals surface area (Å²) in [5.74, 6) is -0.0720. The molecule has 1 saturated heterocycles. The summed E-state index contributed by atoms with van der Waals surface area (Å²) in [5.41, 5.74) is 6.43. The van der Waals surface area contributed by atoms with E-state index in [9.17, 15) is 4.79 Å². The fraction of sp³-hybridized carbons (Fsp3) is 0.393. The number of fused-ring (bicyclic) bond motifs is 2. The molecule has 0 saturated carbocycles. The van der Waals surface area contributed by atoms with Crippen LogP contribution in [-0.4, -0.2) is 67.4 Å². The van der Waals surface area contributed by atoms with Crippen LogP contribution in [0.1, 0.15) is 44.3 Å². The Bertz CT molecular complexity index is 1290. The highest BCUT2D eigenvalue weighted by Gasteiger charge is 2.26. The van der Waals surface area contributed by atoms with Gasteiger partial charge >= 0.3 is 0 Å². The van der Waals surface area contributed by atoms with Gasteiger partial charge in [0.05, 0.1) is 34.5 Å². The van der Waals surface area contributed by atoms with Gasteiger partial charge in [-0.1, -0.05) is 26.0 Å². The predicted octanol–water partition coefficient (Wildman–Crippen LogP) is 4.09. The van der Waals surface area contributed by atoms with Gasteiger partial charge in [-0.3, -0.25) is 19.6 Å². The minimum Gasteiger partial charge on any atom is -0.367 e. The van der Waals surface area contributed by atoms with Crippen LogP contribution in [-0.2, 0) is 11.2 Å². The van der Waals surface area contributed by atoms with Crippen molar-refractivity contribution in [2.75, 3.05) is 26.2 Å². The molecule has 1 amide bonds. The van der Waals surface area contributed by atoms with E-state index < -0.39 is 0 Å². The summed E-state index contributed by atoms with van der Waals surface area (Å²) in [4.78, 5) is 24.8. The monoisotopic (exact) mass is 470 g/mol. The van der Waals surface area contributed by atoms with Crippen molar-refractivity contribution < 1.29 is 4.79 Å². The van der Waals surface area contributed by atoms with E-state index in [1.165, 1.54) is 6.42 Å². The van der Waals surface area contributed by atoms with Gasteiger partial charge in [0.25, 0.3) is 5.91 Å². The maximum atomic E-state index is 13.4. The second-order valence-electron chi connectivity index (χ2n) is 9.52. The van der Waals surface area contributed by atoms with Crippen molar-refractivity contribution in [3.63, 3.8) is 0 Å². The number of piperazine rings is 1. The maximum Gasteiger partial charge on any atom is 0.255 e. The molecule has 1 fully saturated rings. The van der Waals surface area contributed by atoms with Crippen molar-refractivity contribution in [1.82, 2.24) is 29.3 Å². The second-order valence-corrected chi connectivity index (χ2v) is 9.52. The lowest BCUT2D eigenvalue weighted by atomic mass is 10.1. The lowest BCUT2D eigenvalue weighted by molar-refractivity contribution is -0.122. The minimum atomic E-state index is -0.0720. The van der Waals surface area contributed by atoms with E-state index in [0.717, 1.165) is 72.2 Å². The number of aryl methyl sites for hydroxylation is 2. The van der Waals surface area contributed by atoms with E-state index in [4.69, 9.17) is 5.10 Å². The van der Waals surface area contributed by atoms with Gasteiger partial charge in [-0.15, -0.1) is 0 Å². The lowest BCUT2D eigenvalue weighted by Gasteiger charge is -2.42. The van der Waals surface area contributed by atoms with Crippen LogP contribution in [0.15, 0.2) is 66.3 Å². The number of rotatable bonds is 5. The Morgan fingerprint density at radius 3 is 2.71 bits per heavy atom. The smallest absolute Gasteiger partial charge is 0.255 e. The van der Waals surface area contributed by atoms with E-state index in [2.05, 4.69) is 41.6 Å². The van der Waals surface area contributed by atoms with Gasteiger partial charge in [-0.25, -0.2) is 4.52 Å². The van der Waals surface area contributed by atoms with E-state index >= 15 is 0 Å². The molecule has 0 spiro atoms. The molecular formula is C28H34N6O. The number of nitrogens with zero attached hydrogens (tertiary/aromatic N) is 6. The Morgan fingerprint density at radius 1 is 1.11 bits per heavy atom. The predicted molar refractivity (Wildman–Crippen MR) is 139 cm³/mol. The highest BCUT2D eigenvalue weighted by Crippen LogP contribution is 2.27. The number of carbonyl (C=O) groups excluding carboxylic acids is 1. The molecule has 1 atom stereocenters. The number of aromatic nitrogens is 3. The highest BCUT2D eigenvalue weighted by molar-refractivity contribution is 5.99. The molecule has 0 unspecified atom stereocenters. The summed E-state index contributed by atoms with van der Waals surface area (Å²) in [5, 5.41) is 4.76. The zero-order chi connectivity index (χ0) is 24.5. The summed E-state index contributed by atoms with van der Waals surface area (Å²) >= 11 is 0. The van der Waals surface area contributed by atoms with Crippen LogP contribution in [0.2, 0.25) is 0 Å². The second kappa shape index (κ2) is 9.66. The molecule has 0 aromatic carbocycles. The first kappa shape index (κ1) is 23.3. The number of amides is 1. The van der Waals surface area contributed by atoms with Crippen LogP contribution in [0.5, 0.6) is 0 Å². The number of carbonyl (C=O) groups is 1. The third-order valence-electron chi connectivity index (χ3n) is 6.95. The summed E-state index contributed by atoms with van der Waals surface area (Å²) in [7, 11) is 0. The van der Waals surface area contributed by atoms with Crippen LogP contribution in [0.4, 0.5) is 0 Å². The third kappa shape index (κ3) is 4.60. The van der Waals surface area contributed by atoms with Crippen molar-refractivity contribution in [1.29, 1.82) is 0 Å². The Labute approximate surface area is 207 Å². The van der Waals surface area contributed by atoms with Crippen LogP contribution < -0.4 is 0 Å². The first-order valence-corrected chi connectivity index (χ1v) is 12.6. The summed E-state index contributed by atoms with van der Waals surface area (Å²) < 4.78 is 1.87. The van der Waals surface area contributed by atoms with E-state index in [1.807, 2.05) is 54.2 Å². The normalized spacial score (nSPS) is 23.4. The first-order valence-electron chi connectivity index (χ1n) is 12.6. The molecule has 0 bridgehead atoms. The van der Waals surface area contributed by atoms with E-state index in [1.54, 1.807) is 11.0 Å². The Kier molecular flexibility index (Phi) is 6.43. The number of hydrogen-bond acceptors (Lipinski definition) is 5. The van der Waals surface area contributed by atoms with Crippen molar-refractivity contribution in [2.24, 2.45) is 0 Å². The average molecular weight is 471 g/mol. The molecule has 182 valence electrons. The Hall–Kier alpha value is -3.45. The maximum absolute atomic E-state index is 13.4. The molecule has 2 aromatic heterocycles.